The maximum atomic E-state index is 13.0. The number of hydrogen-bond acceptors (Lipinski definition) is 3. The van der Waals surface area contributed by atoms with Gasteiger partial charge < -0.3 is 10.4 Å². The Hall–Kier alpha value is -0.630. The first-order valence-electron chi connectivity index (χ1n) is 7.35. The highest BCUT2D eigenvalue weighted by atomic mass is 79.9. The Bertz CT molecular complexity index is 490. The largest absolute Gasteiger partial charge is 0.416 e. The van der Waals surface area contributed by atoms with Gasteiger partial charge in [-0.1, -0.05) is 15.9 Å². The van der Waals surface area contributed by atoms with E-state index in [0.717, 1.165) is 32.2 Å². The van der Waals surface area contributed by atoms with Crippen molar-refractivity contribution < 1.29 is 18.3 Å². The van der Waals surface area contributed by atoms with E-state index < -0.39 is 11.7 Å². The first-order chi connectivity index (χ1) is 10.4. The number of alkyl halides is 3. The molecule has 1 saturated heterocycles. The Kier molecular flexibility index (Phi) is 6.26. The zero-order valence-electron chi connectivity index (χ0n) is 12.2. The number of aliphatic hydroxyl groups is 1. The van der Waals surface area contributed by atoms with Crippen LogP contribution in [0.4, 0.5) is 13.2 Å². The molecule has 1 atom stereocenters. The van der Waals surface area contributed by atoms with E-state index in [2.05, 4.69) is 26.1 Å². The lowest BCUT2D eigenvalue weighted by Crippen LogP contribution is -2.45. The molecule has 1 fully saturated rings. The summed E-state index contributed by atoms with van der Waals surface area (Å²) in [6.07, 6.45) is -3.14. The molecule has 0 aliphatic carbocycles. The van der Waals surface area contributed by atoms with E-state index in [1.54, 1.807) is 6.07 Å². The topological polar surface area (TPSA) is 35.5 Å². The van der Waals surface area contributed by atoms with Crippen LogP contribution in [0.25, 0.3) is 0 Å². The highest BCUT2D eigenvalue weighted by Crippen LogP contribution is 2.35. The molecule has 0 amide bonds. The number of aliphatic hydroxyl groups excluding tert-OH is 1. The van der Waals surface area contributed by atoms with Gasteiger partial charge in [-0.15, -0.1) is 0 Å². The molecule has 22 heavy (non-hydrogen) atoms. The minimum Gasteiger partial charge on any atom is -0.396 e. The lowest BCUT2D eigenvalue weighted by molar-refractivity contribution is -0.137. The van der Waals surface area contributed by atoms with Gasteiger partial charge in [0.2, 0.25) is 0 Å². The van der Waals surface area contributed by atoms with Gasteiger partial charge in [0.05, 0.1) is 5.56 Å². The molecule has 0 spiro atoms. The molecular formula is C15H20BrF3N2O. The molecule has 124 valence electrons. The van der Waals surface area contributed by atoms with Crippen molar-refractivity contribution in [3.05, 3.63) is 33.8 Å². The third kappa shape index (κ3) is 4.68. The van der Waals surface area contributed by atoms with E-state index in [1.807, 2.05) is 0 Å². The molecule has 0 saturated carbocycles. The lowest BCUT2D eigenvalue weighted by atomic mass is 9.97. The van der Waals surface area contributed by atoms with Gasteiger partial charge in [-0.2, -0.15) is 13.2 Å². The number of nitrogens with one attached hydrogen (secondary N) is 1. The number of hydrogen-bond donors (Lipinski definition) is 2. The van der Waals surface area contributed by atoms with Gasteiger partial charge in [-0.05, 0) is 36.6 Å². The molecule has 3 nitrogen and oxygen atoms in total. The summed E-state index contributed by atoms with van der Waals surface area (Å²) in [6.45, 7) is 3.29. The summed E-state index contributed by atoms with van der Waals surface area (Å²) in [5.74, 6) is 0. The average molecular weight is 381 g/mol. The molecule has 1 aliphatic heterocycles. The molecule has 1 heterocycles. The number of piperazine rings is 1. The van der Waals surface area contributed by atoms with Crippen LogP contribution in [0, 0.1) is 0 Å². The second-order valence-electron chi connectivity index (χ2n) is 5.44. The molecule has 0 aromatic heterocycles. The van der Waals surface area contributed by atoms with Gasteiger partial charge in [0, 0.05) is 43.3 Å². The van der Waals surface area contributed by atoms with Gasteiger partial charge >= 0.3 is 6.18 Å². The fraction of sp³-hybridized carbons (Fsp3) is 0.600. The number of rotatable bonds is 5. The van der Waals surface area contributed by atoms with Crippen LogP contribution in [0.15, 0.2) is 22.7 Å². The van der Waals surface area contributed by atoms with Crippen molar-refractivity contribution in [2.75, 3.05) is 32.8 Å². The van der Waals surface area contributed by atoms with Gasteiger partial charge in [-0.25, -0.2) is 0 Å². The van der Waals surface area contributed by atoms with Crippen LogP contribution < -0.4 is 5.32 Å². The van der Waals surface area contributed by atoms with Crippen molar-refractivity contribution in [3.63, 3.8) is 0 Å². The van der Waals surface area contributed by atoms with E-state index in [0.29, 0.717) is 22.9 Å². The van der Waals surface area contributed by atoms with Crippen molar-refractivity contribution in [1.29, 1.82) is 0 Å². The SMILES string of the molecule is OCCC[C@H](c1cc(Br)cc(C(F)(F)F)c1)N1CCNCC1. The van der Waals surface area contributed by atoms with Crippen LogP contribution in [0.3, 0.4) is 0 Å². The monoisotopic (exact) mass is 380 g/mol. The van der Waals surface area contributed by atoms with E-state index in [9.17, 15) is 13.2 Å². The maximum absolute atomic E-state index is 13.0. The minimum atomic E-state index is -4.36. The van der Waals surface area contributed by atoms with Crippen LogP contribution in [0.5, 0.6) is 0 Å². The maximum Gasteiger partial charge on any atom is 0.416 e. The Morgan fingerprint density at radius 2 is 1.91 bits per heavy atom. The summed E-state index contributed by atoms with van der Waals surface area (Å²) >= 11 is 3.19. The third-order valence-electron chi connectivity index (χ3n) is 3.86. The van der Waals surface area contributed by atoms with Gasteiger partial charge in [0.1, 0.15) is 0 Å². The Balaban J connectivity index is 2.31. The van der Waals surface area contributed by atoms with Gasteiger partial charge in [0.15, 0.2) is 0 Å². The van der Waals surface area contributed by atoms with Gasteiger partial charge in [0.25, 0.3) is 0 Å². The molecule has 0 unspecified atom stereocenters. The molecule has 1 aromatic rings. The molecule has 1 aliphatic rings. The fourth-order valence-electron chi connectivity index (χ4n) is 2.81. The summed E-state index contributed by atoms with van der Waals surface area (Å²) in [7, 11) is 0. The van der Waals surface area contributed by atoms with Crippen molar-refractivity contribution in [1.82, 2.24) is 10.2 Å². The predicted molar refractivity (Wildman–Crippen MR) is 82.6 cm³/mol. The lowest BCUT2D eigenvalue weighted by Gasteiger charge is -2.35. The Labute approximate surface area is 136 Å². The summed E-state index contributed by atoms with van der Waals surface area (Å²) in [6, 6.07) is 3.98. The number of nitrogens with zero attached hydrogens (tertiary/aromatic N) is 1. The smallest absolute Gasteiger partial charge is 0.396 e. The quantitative estimate of drug-likeness (QED) is 0.823. The zero-order valence-corrected chi connectivity index (χ0v) is 13.8. The second-order valence-corrected chi connectivity index (χ2v) is 6.35. The normalized spacial score (nSPS) is 18.4. The first kappa shape index (κ1) is 17.7. The van der Waals surface area contributed by atoms with Gasteiger partial charge in [-0.3, -0.25) is 4.90 Å². The summed E-state index contributed by atoms with van der Waals surface area (Å²) in [5.41, 5.74) is 0.0121. The van der Waals surface area contributed by atoms with Crippen molar-refractivity contribution in [3.8, 4) is 0 Å². The molecule has 7 heteroatoms. The second kappa shape index (κ2) is 7.77. The van der Waals surface area contributed by atoms with Crippen molar-refractivity contribution in [2.45, 2.75) is 25.1 Å². The van der Waals surface area contributed by atoms with E-state index >= 15 is 0 Å². The van der Waals surface area contributed by atoms with E-state index in [1.165, 1.54) is 6.07 Å². The molecular weight excluding hydrogens is 361 g/mol. The zero-order chi connectivity index (χ0) is 16.2. The number of halogens is 4. The van der Waals surface area contributed by atoms with E-state index in [4.69, 9.17) is 5.11 Å². The molecule has 1 aromatic carbocycles. The summed E-state index contributed by atoms with van der Waals surface area (Å²) < 4.78 is 39.5. The average Bonchev–Trinajstić information content (AvgIpc) is 2.47. The first-order valence-corrected chi connectivity index (χ1v) is 8.14. The Morgan fingerprint density at radius 3 is 2.50 bits per heavy atom. The summed E-state index contributed by atoms with van der Waals surface area (Å²) in [4.78, 5) is 2.19. The standard InChI is InChI=1S/C15H20BrF3N2O/c16-13-9-11(8-12(10-13)15(17,18)19)14(2-1-7-22)21-5-3-20-4-6-21/h8-10,14,20,22H,1-7H2/t14-/m1/s1. The highest BCUT2D eigenvalue weighted by Gasteiger charge is 2.32. The number of benzene rings is 1. The Morgan fingerprint density at radius 1 is 1.23 bits per heavy atom. The van der Waals surface area contributed by atoms with Crippen molar-refractivity contribution in [2.24, 2.45) is 0 Å². The molecule has 0 radical (unpaired) electrons. The van der Waals surface area contributed by atoms with E-state index in [-0.39, 0.29) is 12.6 Å². The fourth-order valence-corrected chi connectivity index (χ4v) is 3.32. The van der Waals surface area contributed by atoms with Crippen LogP contribution in [-0.2, 0) is 6.18 Å². The molecule has 2 rings (SSSR count). The van der Waals surface area contributed by atoms with Crippen LogP contribution >= 0.6 is 15.9 Å². The van der Waals surface area contributed by atoms with Crippen LogP contribution in [0.1, 0.15) is 30.0 Å². The van der Waals surface area contributed by atoms with Crippen LogP contribution in [-0.4, -0.2) is 42.8 Å². The van der Waals surface area contributed by atoms with Crippen LogP contribution in [0.2, 0.25) is 0 Å². The highest BCUT2D eigenvalue weighted by molar-refractivity contribution is 9.10. The summed E-state index contributed by atoms with van der Waals surface area (Å²) in [5, 5.41) is 12.3. The third-order valence-corrected chi connectivity index (χ3v) is 4.32. The molecule has 0 bridgehead atoms. The minimum absolute atomic E-state index is 0.0444. The van der Waals surface area contributed by atoms with Crippen molar-refractivity contribution >= 4 is 15.9 Å². The predicted octanol–water partition coefficient (Wildman–Crippen LogP) is 3.19. The molecule has 2 N–H and O–H groups in total.